The zero-order valence-electron chi connectivity index (χ0n) is 11.6. The molecule has 2 atom stereocenters. The minimum Gasteiger partial charge on any atom is -0.367 e. The van der Waals surface area contributed by atoms with Crippen LogP contribution in [0.2, 0.25) is 0 Å². The summed E-state index contributed by atoms with van der Waals surface area (Å²) in [5, 5.41) is 4.13. The predicted molar refractivity (Wildman–Crippen MR) is 80.4 cm³/mol. The lowest BCUT2D eigenvalue weighted by molar-refractivity contribution is -0.0174. The van der Waals surface area contributed by atoms with Crippen LogP contribution in [0.3, 0.4) is 0 Å². The molecule has 1 aliphatic heterocycles. The van der Waals surface area contributed by atoms with Crippen molar-refractivity contribution in [2.24, 2.45) is 5.73 Å². The van der Waals surface area contributed by atoms with Crippen LogP contribution in [0.1, 0.15) is 29.1 Å². The summed E-state index contributed by atoms with van der Waals surface area (Å²) in [5.41, 5.74) is 6.60. The number of nitrogens with zero attached hydrogens (tertiary/aromatic N) is 3. The number of aromatic nitrogens is 2. The van der Waals surface area contributed by atoms with Crippen LogP contribution in [0.25, 0.3) is 0 Å². The standard InChI is InChI=1S/C14H16N4O2S/c1-9-6-18(7-12(20-9)10-2-3-21-8-10)13-5-16-4-11(17-13)14(15)19/h2-5,8-9,12H,6-7H2,1H3,(H2,15,19). The number of amides is 1. The van der Waals surface area contributed by atoms with Gasteiger partial charge < -0.3 is 15.4 Å². The second-order valence-corrected chi connectivity index (χ2v) is 5.80. The second-order valence-electron chi connectivity index (χ2n) is 5.02. The molecule has 0 aliphatic carbocycles. The van der Waals surface area contributed by atoms with Crippen molar-refractivity contribution in [3.05, 3.63) is 40.5 Å². The number of thiophene rings is 1. The molecule has 110 valence electrons. The molecule has 3 rings (SSSR count). The molecule has 2 aromatic rings. The predicted octanol–water partition coefficient (Wildman–Crippen LogP) is 1.60. The van der Waals surface area contributed by atoms with E-state index in [0.717, 1.165) is 5.56 Å². The lowest BCUT2D eigenvalue weighted by atomic mass is 10.1. The fourth-order valence-corrected chi connectivity index (χ4v) is 3.11. The molecule has 1 aliphatic rings. The normalized spacial score (nSPS) is 22.2. The van der Waals surface area contributed by atoms with Gasteiger partial charge >= 0.3 is 0 Å². The Labute approximate surface area is 126 Å². The molecule has 3 heterocycles. The number of hydrogen-bond acceptors (Lipinski definition) is 6. The van der Waals surface area contributed by atoms with Gasteiger partial charge in [0.25, 0.3) is 5.91 Å². The molecular formula is C14H16N4O2S. The van der Waals surface area contributed by atoms with Gasteiger partial charge in [-0.25, -0.2) is 4.98 Å². The average molecular weight is 304 g/mol. The maximum Gasteiger partial charge on any atom is 0.268 e. The van der Waals surface area contributed by atoms with Crippen LogP contribution in [0.4, 0.5) is 5.82 Å². The molecular weight excluding hydrogens is 288 g/mol. The van der Waals surface area contributed by atoms with E-state index in [4.69, 9.17) is 10.5 Å². The molecule has 0 spiro atoms. The van der Waals surface area contributed by atoms with Crippen molar-refractivity contribution in [1.82, 2.24) is 9.97 Å². The number of nitrogens with two attached hydrogens (primary N) is 1. The summed E-state index contributed by atoms with van der Waals surface area (Å²) in [7, 11) is 0. The van der Waals surface area contributed by atoms with Crippen LogP contribution >= 0.6 is 11.3 Å². The minimum absolute atomic E-state index is 0.000894. The summed E-state index contributed by atoms with van der Waals surface area (Å²) in [6.45, 7) is 3.41. The first kappa shape index (κ1) is 14.0. The first-order chi connectivity index (χ1) is 10.1. The van der Waals surface area contributed by atoms with Gasteiger partial charge in [-0.05, 0) is 29.3 Å². The van der Waals surface area contributed by atoms with Crippen LogP contribution in [-0.4, -0.2) is 35.1 Å². The summed E-state index contributed by atoms with van der Waals surface area (Å²) in [6, 6.07) is 2.07. The third-order valence-corrected chi connectivity index (χ3v) is 4.07. The van der Waals surface area contributed by atoms with E-state index in [1.54, 1.807) is 17.5 Å². The molecule has 1 fully saturated rings. The summed E-state index contributed by atoms with van der Waals surface area (Å²) in [6.07, 6.45) is 3.10. The minimum atomic E-state index is -0.569. The first-order valence-corrected chi connectivity index (χ1v) is 7.62. The molecule has 2 N–H and O–H groups in total. The van der Waals surface area contributed by atoms with E-state index in [1.807, 2.05) is 12.3 Å². The number of carbonyl (C=O) groups is 1. The van der Waals surface area contributed by atoms with Gasteiger partial charge in [-0.3, -0.25) is 9.78 Å². The van der Waals surface area contributed by atoms with Gasteiger partial charge in [-0.15, -0.1) is 0 Å². The molecule has 0 bridgehead atoms. The van der Waals surface area contributed by atoms with Gasteiger partial charge in [0.15, 0.2) is 0 Å². The lowest BCUT2D eigenvalue weighted by Gasteiger charge is -2.37. The first-order valence-electron chi connectivity index (χ1n) is 6.68. The van der Waals surface area contributed by atoms with Crippen molar-refractivity contribution < 1.29 is 9.53 Å². The van der Waals surface area contributed by atoms with E-state index in [0.29, 0.717) is 18.9 Å². The highest BCUT2D eigenvalue weighted by Crippen LogP contribution is 2.28. The van der Waals surface area contributed by atoms with E-state index < -0.39 is 5.91 Å². The van der Waals surface area contributed by atoms with Crippen molar-refractivity contribution in [3.8, 4) is 0 Å². The maximum absolute atomic E-state index is 11.2. The lowest BCUT2D eigenvalue weighted by Crippen LogP contribution is -2.43. The fourth-order valence-electron chi connectivity index (χ4n) is 2.41. The molecule has 6 nitrogen and oxygen atoms in total. The zero-order chi connectivity index (χ0) is 14.8. The van der Waals surface area contributed by atoms with Crippen LogP contribution in [0.15, 0.2) is 29.2 Å². The van der Waals surface area contributed by atoms with Crippen molar-refractivity contribution in [2.45, 2.75) is 19.1 Å². The number of anilines is 1. The quantitative estimate of drug-likeness (QED) is 0.931. The van der Waals surface area contributed by atoms with Crippen LogP contribution < -0.4 is 10.6 Å². The average Bonchev–Trinajstić information content (AvgIpc) is 3.01. The smallest absolute Gasteiger partial charge is 0.268 e. The molecule has 1 amide bonds. The highest BCUT2D eigenvalue weighted by Gasteiger charge is 2.28. The number of ether oxygens (including phenoxy) is 1. The molecule has 1 saturated heterocycles. The van der Waals surface area contributed by atoms with Crippen molar-refractivity contribution in [1.29, 1.82) is 0 Å². The Morgan fingerprint density at radius 3 is 3.05 bits per heavy atom. The maximum atomic E-state index is 11.2. The highest BCUT2D eigenvalue weighted by atomic mass is 32.1. The van der Waals surface area contributed by atoms with E-state index in [1.165, 1.54) is 6.20 Å². The molecule has 2 aromatic heterocycles. The summed E-state index contributed by atoms with van der Waals surface area (Å²) < 4.78 is 5.99. The van der Waals surface area contributed by atoms with Gasteiger partial charge in [0.1, 0.15) is 17.6 Å². The number of carbonyl (C=O) groups excluding carboxylic acids is 1. The largest absolute Gasteiger partial charge is 0.367 e. The summed E-state index contributed by atoms with van der Waals surface area (Å²) >= 11 is 1.65. The summed E-state index contributed by atoms with van der Waals surface area (Å²) in [5.74, 6) is 0.0849. The van der Waals surface area contributed by atoms with Gasteiger partial charge in [-0.1, -0.05) is 0 Å². The van der Waals surface area contributed by atoms with E-state index >= 15 is 0 Å². The molecule has 0 saturated carbocycles. The molecule has 0 radical (unpaired) electrons. The van der Waals surface area contributed by atoms with E-state index in [-0.39, 0.29) is 17.9 Å². The van der Waals surface area contributed by atoms with E-state index in [2.05, 4.69) is 26.3 Å². The SMILES string of the molecule is CC1CN(c2cncc(C(N)=O)n2)CC(c2ccsc2)O1. The Bertz CT molecular complexity index is 632. The number of morpholine rings is 1. The zero-order valence-corrected chi connectivity index (χ0v) is 12.4. The van der Waals surface area contributed by atoms with Crippen LogP contribution in [0, 0.1) is 0 Å². The Kier molecular flexibility index (Phi) is 3.85. The molecule has 2 unspecified atom stereocenters. The molecule has 21 heavy (non-hydrogen) atoms. The fraction of sp³-hybridized carbons (Fsp3) is 0.357. The molecule has 0 aromatic carbocycles. The monoisotopic (exact) mass is 304 g/mol. The van der Waals surface area contributed by atoms with Crippen molar-refractivity contribution >= 4 is 23.1 Å². The van der Waals surface area contributed by atoms with Crippen LogP contribution in [0.5, 0.6) is 0 Å². The topological polar surface area (TPSA) is 81.3 Å². The number of rotatable bonds is 3. The second kappa shape index (κ2) is 5.79. The van der Waals surface area contributed by atoms with Gasteiger partial charge in [-0.2, -0.15) is 11.3 Å². The number of hydrogen-bond donors (Lipinski definition) is 1. The Morgan fingerprint density at radius 1 is 1.48 bits per heavy atom. The highest BCUT2D eigenvalue weighted by molar-refractivity contribution is 7.07. The van der Waals surface area contributed by atoms with Crippen molar-refractivity contribution in [2.75, 3.05) is 18.0 Å². The third-order valence-electron chi connectivity index (χ3n) is 3.37. The van der Waals surface area contributed by atoms with E-state index in [9.17, 15) is 4.79 Å². The third kappa shape index (κ3) is 3.03. The van der Waals surface area contributed by atoms with Crippen molar-refractivity contribution in [3.63, 3.8) is 0 Å². The van der Waals surface area contributed by atoms with Gasteiger partial charge in [0.05, 0.1) is 18.5 Å². The van der Waals surface area contributed by atoms with Gasteiger partial charge in [0, 0.05) is 13.1 Å². The van der Waals surface area contributed by atoms with Gasteiger partial charge in [0.2, 0.25) is 0 Å². The Balaban J connectivity index is 1.84. The number of primary amides is 1. The molecule has 7 heteroatoms. The Morgan fingerprint density at radius 2 is 2.33 bits per heavy atom. The Hall–Kier alpha value is -1.99. The summed E-state index contributed by atoms with van der Waals surface area (Å²) in [4.78, 5) is 21.6. The van der Waals surface area contributed by atoms with Crippen LogP contribution in [-0.2, 0) is 4.74 Å².